The Morgan fingerprint density at radius 1 is 0.935 bits per heavy atom. The second-order valence-corrected chi connectivity index (χ2v) is 14.0. The molecule has 2 heterocycles. The second-order valence-electron chi connectivity index (χ2n) is 14.0. The van der Waals surface area contributed by atoms with E-state index in [0.29, 0.717) is 25.0 Å². The maximum atomic E-state index is 14.0. The van der Waals surface area contributed by atoms with Crippen LogP contribution in [0.4, 0.5) is 0 Å². The fraction of sp³-hybridized carbons (Fsp3) is 0.676. The molecule has 256 valence electrons. The van der Waals surface area contributed by atoms with Gasteiger partial charge in [0, 0.05) is 25.2 Å². The SMILES string of the molecule is CCC(OC(=O)C1CCCN1C(=O)/C(C)=C/[C@H](C(C)C)N(C)C(=O)C(NC(=O)[C@H]1CCCCN1C(C)C)C(C)C)c1ccccc1. The van der Waals surface area contributed by atoms with Crippen molar-refractivity contribution in [1.82, 2.24) is 20.0 Å². The van der Waals surface area contributed by atoms with Gasteiger partial charge in [0.2, 0.25) is 17.7 Å². The average molecular weight is 639 g/mol. The number of rotatable bonds is 13. The molecule has 3 unspecified atom stereocenters. The number of ether oxygens (including phenoxy) is 1. The van der Waals surface area contributed by atoms with Crippen LogP contribution in [0.25, 0.3) is 0 Å². The van der Waals surface area contributed by atoms with Crippen LogP contribution < -0.4 is 5.32 Å². The average Bonchev–Trinajstić information content (AvgIpc) is 3.54. The summed E-state index contributed by atoms with van der Waals surface area (Å²) in [6.45, 7) is 17.2. The minimum Gasteiger partial charge on any atom is -0.456 e. The number of nitrogens with one attached hydrogen (secondary N) is 1. The van der Waals surface area contributed by atoms with Crippen LogP contribution in [0.15, 0.2) is 42.0 Å². The first-order valence-electron chi connectivity index (χ1n) is 17.4. The van der Waals surface area contributed by atoms with Gasteiger partial charge >= 0.3 is 5.97 Å². The summed E-state index contributed by atoms with van der Waals surface area (Å²) in [4.78, 5) is 60.1. The third kappa shape index (κ3) is 9.20. The molecule has 0 aliphatic carbocycles. The summed E-state index contributed by atoms with van der Waals surface area (Å²) >= 11 is 0. The van der Waals surface area contributed by atoms with E-state index in [1.54, 1.807) is 23.8 Å². The van der Waals surface area contributed by atoms with Crippen molar-refractivity contribution in [2.75, 3.05) is 20.1 Å². The van der Waals surface area contributed by atoms with Crippen molar-refractivity contribution in [2.24, 2.45) is 11.8 Å². The predicted octanol–water partition coefficient (Wildman–Crippen LogP) is 5.50. The van der Waals surface area contributed by atoms with Crippen LogP contribution in [0.3, 0.4) is 0 Å². The van der Waals surface area contributed by atoms with Crippen LogP contribution in [0, 0.1) is 11.8 Å². The van der Waals surface area contributed by atoms with Gasteiger partial charge in [-0.15, -0.1) is 0 Å². The van der Waals surface area contributed by atoms with Crippen molar-refractivity contribution in [3.05, 3.63) is 47.5 Å². The van der Waals surface area contributed by atoms with E-state index in [2.05, 4.69) is 24.1 Å². The lowest BCUT2D eigenvalue weighted by Crippen LogP contribution is -2.58. The van der Waals surface area contributed by atoms with Gasteiger partial charge in [0.05, 0.1) is 12.1 Å². The van der Waals surface area contributed by atoms with Gasteiger partial charge < -0.3 is 19.9 Å². The zero-order chi connectivity index (χ0) is 34.1. The van der Waals surface area contributed by atoms with Crippen molar-refractivity contribution >= 4 is 23.7 Å². The third-order valence-corrected chi connectivity index (χ3v) is 9.56. The molecule has 9 heteroatoms. The first kappa shape index (κ1) is 37.3. The first-order chi connectivity index (χ1) is 21.8. The topological polar surface area (TPSA) is 99.3 Å². The molecule has 2 saturated heterocycles. The lowest BCUT2D eigenvalue weighted by molar-refractivity contribution is -0.157. The van der Waals surface area contributed by atoms with Crippen molar-refractivity contribution in [3.63, 3.8) is 0 Å². The maximum Gasteiger partial charge on any atom is 0.329 e. The number of likely N-dealkylation sites (tertiary alicyclic amines) is 2. The highest BCUT2D eigenvalue weighted by Gasteiger charge is 2.38. The molecule has 2 aliphatic rings. The number of hydrogen-bond donors (Lipinski definition) is 1. The van der Waals surface area contributed by atoms with E-state index < -0.39 is 12.1 Å². The number of likely N-dealkylation sites (N-methyl/N-ethyl adjacent to an activating group) is 1. The van der Waals surface area contributed by atoms with Crippen molar-refractivity contribution in [3.8, 4) is 0 Å². The second kappa shape index (κ2) is 17.1. The van der Waals surface area contributed by atoms with Crippen LogP contribution in [0.5, 0.6) is 0 Å². The van der Waals surface area contributed by atoms with Crippen molar-refractivity contribution in [2.45, 2.75) is 130 Å². The Labute approximate surface area is 277 Å². The number of amides is 3. The molecule has 0 aromatic heterocycles. The zero-order valence-electron chi connectivity index (χ0n) is 29.6. The van der Waals surface area contributed by atoms with Gasteiger partial charge in [-0.1, -0.05) is 77.4 Å². The Bertz CT molecular complexity index is 1210. The summed E-state index contributed by atoms with van der Waals surface area (Å²) in [5.41, 5.74) is 1.41. The molecule has 1 N–H and O–H groups in total. The summed E-state index contributed by atoms with van der Waals surface area (Å²) in [6, 6.07) is 7.96. The van der Waals surface area contributed by atoms with Crippen LogP contribution >= 0.6 is 0 Å². The molecule has 0 spiro atoms. The van der Waals surface area contributed by atoms with E-state index >= 15 is 0 Å². The normalized spacial score (nSPS) is 21.3. The van der Waals surface area contributed by atoms with Gasteiger partial charge in [-0.3, -0.25) is 19.3 Å². The molecule has 46 heavy (non-hydrogen) atoms. The molecule has 3 amide bonds. The molecule has 2 aliphatic heterocycles. The summed E-state index contributed by atoms with van der Waals surface area (Å²) in [5, 5.41) is 3.10. The molecule has 1 aromatic carbocycles. The Kier molecular flexibility index (Phi) is 13.8. The number of benzene rings is 1. The maximum absolute atomic E-state index is 14.0. The van der Waals surface area contributed by atoms with Crippen molar-refractivity contribution < 1.29 is 23.9 Å². The summed E-state index contributed by atoms with van der Waals surface area (Å²) in [5.74, 6) is -0.995. The molecule has 0 bridgehead atoms. The highest BCUT2D eigenvalue weighted by Crippen LogP contribution is 2.27. The third-order valence-electron chi connectivity index (χ3n) is 9.56. The summed E-state index contributed by atoms with van der Waals surface area (Å²) < 4.78 is 5.92. The van der Waals surface area contributed by atoms with E-state index in [1.165, 1.54) is 0 Å². The minimum atomic E-state index is -0.687. The predicted molar refractivity (Wildman–Crippen MR) is 182 cm³/mol. The van der Waals surface area contributed by atoms with Gasteiger partial charge in [-0.25, -0.2) is 4.79 Å². The van der Waals surface area contributed by atoms with Gasteiger partial charge in [-0.05, 0) is 76.8 Å². The molecule has 2 fully saturated rings. The van der Waals surface area contributed by atoms with E-state index in [1.807, 2.05) is 71.0 Å². The molecule has 0 saturated carbocycles. The number of carbonyl (C=O) groups excluding carboxylic acids is 4. The molecule has 1 aromatic rings. The molecular formula is C37H58N4O5. The Morgan fingerprint density at radius 2 is 1.59 bits per heavy atom. The fourth-order valence-electron chi connectivity index (χ4n) is 6.82. The molecule has 0 radical (unpaired) electrons. The number of esters is 1. The first-order valence-corrected chi connectivity index (χ1v) is 17.4. The minimum absolute atomic E-state index is 0.00511. The van der Waals surface area contributed by atoms with E-state index in [4.69, 9.17) is 4.74 Å². The molecular weight excluding hydrogens is 580 g/mol. The van der Waals surface area contributed by atoms with Gasteiger partial charge in [0.15, 0.2) is 0 Å². The quantitative estimate of drug-likeness (QED) is 0.226. The number of carbonyl (C=O) groups is 4. The molecule has 9 nitrogen and oxygen atoms in total. The monoisotopic (exact) mass is 638 g/mol. The van der Waals surface area contributed by atoms with E-state index in [-0.39, 0.29) is 59.8 Å². The number of nitrogens with zero attached hydrogens (tertiary/aromatic N) is 3. The number of hydrogen-bond acceptors (Lipinski definition) is 6. The Balaban J connectivity index is 1.74. The smallest absolute Gasteiger partial charge is 0.329 e. The standard InChI is InChI=1S/C37H58N4O5/c1-10-32(28-17-12-11-13-18-28)46-37(45)30-20-16-22-41(30)35(43)27(8)23-31(24(2)3)39(9)36(44)33(25(4)5)38-34(42)29-19-14-15-21-40(29)26(6)7/h11-13,17-18,23-26,29-33H,10,14-16,19-22H2,1-9H3,(H,38,42)/b27-23+/t29-,30?,31-,32?,33?/m1/s1. The van der Waals surface area contributed by atoms with Crippen LogP contribution in [0.1, 0.15) is 106 Å². The van der Waals surface area contributed by atoms with Gasteiger partial charge in [-0.2, -0.15) is 0 Å². The number of piperidine rings is 1. The summed E-state index contributed by atoms with van der Waals surface area (Å²) in [6.07, 6.45) is 6.24. The van der Waals surface area contributed by atoms with Gasteiger partial charge in [0.25, 0.3) is 0 Å². The lowest BCUT2D eigenvalue weighted by atomic mass is 9.95. The van der Waals surface area contributed by atoms with Crippen LogP contribution in [-0.2, 0) is 23.9 Å². The van der Waals surface area contributed by atoms with Gasteiger partial charge in [0.1, 0.15) is 18.2 Å². The Hall–Kier alpha value is -3.20. The highest BCUT2D eigenvalue weighted by atomic mass is 16.5. The van der Waals surface area contributed by atoms with Crippen LogP contribution in [0.2, 0.25) is 0 Å². The molecule has 5 atom stereocenters. The fourth-order valence-corrected chi connectivity index (χ4v) is 6.82. The van der Waals surface area contributed by atoms with Crippen molar-refractivity contribution in [1.29, 1.82) is 0 Å². The lowest BCUT2D eigenvalue weighted by Gasteiger charge is -2.39. The molecule has 3 rings (SSSR count). The zero-order valence-corrected chi connectivity index (χ0v) is 29.6. The largest absolute Gasteiger partial charge is 0.456 e. The van der Waals surface area contributed by atoms with E-state index in [9.17, 15) is 19.2 Å². The Morgan fingerprint density at radius 3 is 2.17 bits per heavy atom. The van der Waals surface area contributed by atoms with Crippen LogP contribution in [-0.4, -0.2) is 88.7 Å². The van der Waals surface area contributed by atoms with E-state index in [0.717, 1.165) is 37.8 Å². The summed E-state index contributed by atoms with van der Waals surface area (Å²) in [7, 11) is 1.74. The highest BCUT2D eigenvalue weighted by molar-refractivity contribution is 5.96.